The first-order valence-electron chi connectivity index (χ1n) is 14.7. The highest BCUT2D eigenvalue weighted by Crippen LogP contribution is 2.32. The van der Waals surface area contributed by atoms with E-state index < -0.39 is 35.6 Å². The molecule has 0 spiro atoms. The molecule has 234 valence electrons. The number of halogens is 2. The summed E-state index contributed by atoms with van der Waals surface area (Å²) in [5.74, 6) is -0.943. The van der Waals surface area contributed by atoms with Crippen LogP contribution in [0.3, 0.4) is 0 Å². The molecule has 0 radical (unpaired) electrons. The number of methoxy groups -OCH3 is 2. The molecule has 0 saturated carbocycles. The van der Waals surface area contributed by atoms with E-state index in [9.17, 15) is 18.7 Å². The molecule has 0 saturated heterocycles. The van der Waals surface area contributed by atoms with Crippen molar-refractivity contribution >= 4 is 5.91 Å². The molecule has 0 fully saturated rings. The van der Waals surface area contributed by atoms with Gasteiger partial charge in [0.15, 0.2) is 17.3 Å². The van der Waals surface area contributed by atoms with Gasteiger partial charge in [-0.3, -0.25) is 4.79 Å². The molecule has 1 aromatic rings. The third kappa shape index (κ3) is 11.0. The molecule has 0 aromatic heterocycles. The molecular weight excluding hydrogens is 542 g/mol. The first-order chi connectivity index (χ1) is 20.0. The standard InChI is InChI=1S/C33H48F2N2O5/c1-21(2)24(16-23-12-13-31(41-6)32(17-23)42-15-9-14-40-5)18-29(36)30(38)19-25(22(3)4)33(39)37-20-26-27(34)10-7-8-11-28(26)35/h7-8,10,12-13,17,21-22,24-25,29-30,38H,9,14-16,18-20,36H2,1-6H3,(H,37,39)/t24-,25-,29-,30-/m0/s1. The first kappa shape index (κ1) is 35.2. The van der Waals surface area contributed by atoms with Crippen molar-refractivity contribution in [3.63, 3.8) is 0 Å². The van der Waals surface area contributed by atoms with E-state index in [2.05, 4.69) is 24.9 Å². The Bertz CT molecular complexity index is 1140. The Morgan fingerprint density at radius 3 is 2.45 bits per heavy atom. The van der Waals surface area contributed by atoms with E-state index >= 15 is 0 Å². The highest BCUT2D eigenvalue weighted by molar-refractivity contribution is 5.79. The molecule has 1 amide bonds. The van der Waals surface area contributed by atoms with Crippen LogP contribution in [0.2, 0.25) is 0 Å². The van der Waals surface area contributed by atoms with Gasteiger partial charge in [0, 0.05) is 38.6 Å². The van der Waals surface area contributed by atoms with E-state index in [4.69, 9.17) is 19.9 Å². The molecule has 1 aromatic carbocycles. The van der Waals surface area contributed by atoms with Crippen molar-refractivity contribution < 1.29 is 32.9 Å². The molecule has 1 aliphatic carbocycles. The predicted octanol–water partition coefficient (Wildman–Crippen LogP) is 5.58. The highest BCUT2D eigenvalue weighted by atomic mass is 19.1. The van der Waals surface area contributed by atoms with E-state index in [-0.39, 0.29) is 36.3 Å². The zero-order chi connectivity index (χ0) is 31.2. The largest absolute Gasteiger partial charge is 0.493 e. The Morgan fingerprint density at radius 2 is 1.81 bits per heavy atom. The monoisotopic (exact) mass is 590 g/mol. The van der Waals surface area contributed by atoms with Crippen LogP contribution in [-0.4, -0.2) is 57.1 Å². The van der Waals surface area contributed by atoms with Crippen LogP contribution in [0.5, 0.6) is 11.5 Å². The summed E-state index contributed by atoms with van der Waals surface area (Å²) in [7, 11) is 3.26. The van der Waals surface area contributed by atoms with Crippen LogP contribution in [0, 0.1) is 23.7 Å². The number of amides is 1. The van der Waals surface area contributed by atoms with Gasteiger partial charge in [-0.05, 0) is 66.9 Å². The Morgan fingerprint density at radius 1 is 1.07 bits per heavy atom. The van der Waals surface area contributed by atoms with E-state index in [0.29, 0.717) is 31.1 Å². The Kier molecular flexibility index (Phi) is 15.0. The minimum absolute atomic E-state index is 0.123. The Hall–Kier alpha value is -2.97. The fourth-order valence-electron chi connectivity index (χ4n) is 4.88. The minimum atomic E-state index is -0.934. The lowest BCUT2D eigenvalue weighted by Crippen LogP contribution is -2.43. The SMILES string of the molecule is COCCCOc1cc(C[C@@H](C[C@H](N)[C@@H](O)C[C@H](C(=O)NCC2=C(F)C=CC=C=C2F)C(C)C)C(C)C)ccc1OC. The third-order valence-corrected chi connectivity index (χ3v) is 7.67. The van der Waals surface area contributed by atoms with Crippen LogP contribution in [0.25, 0.3) is 0 Å². The summed E-state index contributed by atoms with van der Waals surface area (Å²) in [4.78, 5) is 13.0. The van der Waals surface area contributed by atoms with E-state index in [1.54, 1.807) is 14.2 Å². The van der Waals surface area contributed by atoms with Gasteiger partial charge in [-0.15, -0.1) is 0 Å². The number of hydrogen-bond acceptors (Lipinski definition) is 6. The molecule has 4 atom stereocenters. The van der Waals surface area contributed by atoms with Gasteiger partial charge in [-0.25, -0.2) is 4.39 Å². The number of carbonyl (C=O) groups excluding carboxylic acids is 1. The maximum Gasteiger partial charge on any atom is 0.223 e. The zero-order valence-electron chi connectivity index (χ0n) is 25.8. The van der Waals surface area contributed by atoms with Crippen molar-refractivity contribution in [2.75, 3.05) is 34.0 Å². The topological polar surface area (TPSA) is 103 Å². The average molecular weight is 591 g/mol. The molecule has 9 heteroatoms. The van der Waals surface area contributed by atoms with Crippen molar-refractivity contribution in [2.45, 2.75) is 65.5 Å². The van der Waals surface area contributed by atoms with Crippen molar-refractivity contribution in [3.8, 4) is 11.5 Å². The maximum atomic E-state index is 14.2. The van der Waals surface area contributed by atoms with Gasteiger partial charge in [0.1, 0.15) is 5.83 Å². The summed E-state index contributed by atoms with van der Waals surface area (Å²) in [6.07, 6.45) is 4.98. The number of rotatable bonds is 18. The number of ether oxygens (including phenoxy) is 3. The number of hydrogen-bond donors (Lipinski definition) is 3. The van der Waals surface area contributed by atoms with Crippen molar-refractivity contribution in [2.24, 2.45) is 29.4 Å². The summed E-state index contributed by atoms with van der Waals surface area (Å²) in [6, 6.07) is 5.32. The molecule has 0 heterocycles. The lowest BCUT2D eigenvalue weighted by molar-refractivity contribution is -0.127. The lowest BCUT2D eigenvalue weighted by Gasteiger charge is -2.30. The molecule has 2 rings (SSSR count). The highest BCUT2D eigenvalue weighted by Gasteiger charge is 2.30. The number of aliphatic hydroxyl groups is 1. The third-order valence-electron chi connectivity index (χ3n) is 7.67. The molecule has 42 heavy (non-hydrogen) atoms. The Labute approximate surface area is 249 Å². The van der Waals surface area contributed by atoms with Crippen molar-refractivity contribution in [1.29, 1.82) is 0 Å². The van der Waals surface area contributed by atoms with Crippen LogP contribution in [-0.2, 0) is 16.0 Å². The van der Waals surface area contributed by atoms with E-state index in [1.165, 1.54) is 12.2 Å². The van der Waals surface area contributed by atoms with Gasteiger partial charge in [0.05, 0.1) is 25.4 Å². The van der Waals surface area contributed by atoms with Crippen LogP contribution in [0.4, 0.5) is 8.78 Å². The molecule has 0 bridgehead atoms. The lowest BCUT2D eigenvalue weighted by atomic mass is 9.81. The number of benzene rings is 1. The average Bonchev–Trinajstić information content (AvgIpc) is 3.11. The molecule has 7 nitrogen and oxygen atoms in total. The van der Waals surface area contributed by atoms with Gasteiger partial charge in [0.2, 0.25) is 5.91 Å². The van der Waals surface area contributed by atoms with E-state index in [0.717, 1.165) is 24.5 Å². The van der Waals surface area contributed by atoms with Gasteiger partial charge in [-0.1, -0.05) is 45.6 Å². The van der Waals surface area contributed by atoms with Gasteiger partial charge in [0.25, 0.3) is 0 Å². The minimum Gasteiger partial charge on any atom is -0.493 e. The van der Waals surface area contributed by atoms with Crippen LogP contribution < -0.4 is 20.5 Å². The van der Waals surface area contributed by atoms with Crippen molar-refractivity contribution in [1.82, 2.24) is 5.32 Å². The fraction of sp³-hybridized carbons (Fsp3) is 0.576. The predicted molar refractivity (Wildman–Crippen MR) is 162 cm³/mol. The summed E-state index contributed by atoms with van der Waals surface area (Å²) >= 11 is 0. The van der Waals surface area contributed by atoms with Gasteiger partial charge in [-0.2, -0.15) is 4.39 Å². The second kappa shape index (κ2) is 17.9. The number of allylic oxidation sites excluding steroid dienone is 3. The van der Waals surface area contributed by atoms with E-state index in [1.807, 2.05) is 32.0 Å². The number of carbonyl (C=O) groups is 1. The molecule has 0 aliphatic heterocycles. The van der Waals surface area contributed by atoms with Crippen LogP contribution >= 0.6 is 0 Å². The molecule has 0 unspecified atom stereocenters. The van der Waals surface area contributed by atoms with Crippen LogP contribution in [0.1, 0.15) is 52.5 Å². The second-order valence-corrected chi connectivity index (χ2v) is 11.5. The maximum absolute atomic E-state index is 14.2. The fourth-order valence-corrected chi connectivity index (χ4v) is 4.88. The molecular formula is C33H48F2N2O5. The summed E-state index contributed by atoms with van der Waals surface area (Å²) in [5, 5.41) is 13.7. The van der Waals surface area contributed by atoms with Gasteiger partial charge >= 0.3 is 0 Å². The summed E-state index contributed by atoms with van der Waals surface area (Å²) in [5.41, 5.74) is 9.64. The zero-order valence-corrected chi connectivity index (χ0v) is 25.8. The Balaban J connectivity index is 2.04. The summed E-state index contributed by atoms with van der Waals surface area (Å²) in [6.45, 7) is 8.79. The first-order valence-corrected chi connectivity index (χ1v) is 14.7. The molecule has 1 aliphatic rings. The number of aliphatic hydroxyl groups excluding tert-OH is 1. The number of nitrogens with one attached hydrogen (secondary N) is 1. The van der Waals surface area contributed by atoms with Gasteiger partial charge < -0.3 is 30.4 Å². The second-order valence-electron chi connectivity index (χ2n) is 11.5. The summed E-state index contributed by atoms with van der Waals surface area (Å²) < 4.78 is 44.9. The quantitative estimate of drug-likeness (QED) is 0.152. The van der Waals surface area contributed by atoms with Crippen molar-refractivity contribution in [3.05, 3.63) is 64.9 Å². The number of nitrogens with two attached hydrogens (primary N) is 1. The molecule has 4 N–H and O–H groups in total. The van der Waals surface area contributed by atoms with Crippen LogP contribution in [0.15, 0.2) is 59.4 Å². The smallest absolute Gasteiger partial charge is 0.223 e. The normalized spacial score (nSPS) is 16.2.